The van der Waals surface area contributed by atoms with Crippen LogP contribution in [0.25, 0.3) is 111 Å². The van der Waals surface area contributed by atoms with Crippen LogP contribution in [0.4, 0.5) is 13.2 Å². The summed E-state index contributed by atoms with van der Waals surface area (Å²) in [6.45, 7) is 8.33. The minimum atomic E-state index is -4.73. The molecule has 346 valence electrons. The first-order valence-electron chi connectivity index (χ1n) is 24.1. The molecular formula is C66H46F3N3. The number of benzene rings is 10. The summed E-state index contributed by atoms with van der Waals surface area (Å²) in [6.07, 6.45) is -4.73. The van der Waals surface area contributed by atoms with E-state index in [1.807, 2.05) is 48.5 Å². The molecular weight excluding hydrogens is 892 g/mol. The van der Waals surface area contributed by atoms with Crippen molar-refractivity contribution in [2.45, 2.75) is 33.9 Å². The highest BCUT2D eigenvalue weighted by atomic mass is 19.4. The zero-order chi connectivity index (χ0) is 49.4. The van der Waals surface area contributed by atoms with Crippen LogP contribution in [-0.4, -0.2) is 9.13 Å². The van der Waals surface area contributed by atoms with E-state index in [9.17, 15) is 5.26 Å². The van der Waals surface area contributed by atoms with E-state index in [1.165, 1.54) is 6.07 Å². The molecule has 2 aromatic heterocycles. The Bertz CT molecular complexity index is 3780. The average Bonchev–Trinajstić information content (AvgIpc) is 3.89. The molecule has 3 nitrogen and oxygen atoms in total. The highest BCUT2D eigenvalue weighted by molar-refractivity contribution is 6.14. The van der Waals surface area contributed by atoms with Gasteiger partial charge < -0.3 is 9.13 Å². The summed E-state index contributed by atoms with van der Waals surface area (Å²) >= 11 is 0. The molecule has 0 amide bonds. The Balaban J connectivity index is 1.29. The number of aryl methyl sites for hydroxylation is 4. The fourth-order valence-corrected chi connectivity index (χ4v) is 11.1. The molecule has 0 saturated heterocycles. The SMILES string of the molecule is Cc1ccccc1-c1ccc2c3ccc(-c4ccccc4C)cc3n(-c3cc(C#N)cc(-n4c5cc(-c6ccccc6C)ccc5c5ccc(-c6ccccc6C)cc54)c3-c3ccccc3C(F)(F)F)c2c1. The molecule has 0 aliphatic carbocycles. The molecule has 0 fully saturated rings. The van der Waals surface area contributed by atoms with E-state index in [4.69, 9.17) is 0 Å². The number of hydrogen-bond donors (Lipinski definition) is 0. The van der Waals surface area contributed by atoms with E-state index in [2.05, 4.69) is 164 Å². The molecule has 0 spiro atoms. The zero-order valence-electron chi connectivity index (χ0n) is 40.1. The minimum Gasteiger partial charge on any atom is -0.308 e. The van der Waals surface area contributed by atoms with Gasteiger partial charge in [-0.1, -0.05) is 164 Å². The number of nitriles is 1. The zero-order valence-corrected chi connectivity index (χ0v) is 40.1. The normalized spacial score (nSPS) is 11.8. The number of halogens is 3. The van der Waals surface area contributed by atoms with Crippen molar-refractivity contribution in [1.82, 2.24) is 9.13 Å². The van der Waals surface area contributed by atoms with Crippen LogP contribution in [0.2, 0.25) is 0 Å². The van der Waals surface area contributed by atoms with Crippen LogP contribution in [0.3, 0.4) is 0 Å². The highest BCUT2D eigenvalue weighted by Crippen LogP contribution is 2.48. The van der Waals surface area contributed by atoms with Crippen molar-refractivity contribution in [3.63, 3.8) is 0 Å². The maximum atomic E-state index is 15.9. The van der Waals surface area contributed by atoms with E-state index in [-0.39, 0.29) is 5.56 Å². The fourth-order valence-electron chi connectivity index (χ4n) is 11.1. The molecule has 0 saturated carbocycles. The molecule has 12 aromatic rings. The molecule has 0 atom stereocenters. The smallest absolute Gasteiger partial charge is 0.308 e. The Morgan fingerprint density at radius 2 is 0.653 bits per heavy atom. The molecule has 72 heavy (non-hydrogen) atoms. The van der Waals surface area contributed by atoms with Gasteiger partial charge in [-0.2, -0.15) is 18.4 Å². The van der Waals surface area contributed by atoms with Gasteiger partial charge in [-0.3, -0.25) is 0 Å². The number of alkyl halides is 3. The van der Waals surface area contributed by atoms with Gasteiger partial charge in [0.25, 0.3) is 0 Å². The third kappa shape index (κ3) is 7.28. The third-order valence-corrected chi connectivity index (χ3v) is 14.6. The lowest BCUT2D eigenvalue weighted by Crippen LogP contribution is -2.11. The van der Waals surface area contributed by atoms with E-state index in [0.29, 0.717) is 22.5 Å². The summed E-state index contributed by atoms with van der Waals surface area (Å²) in [6, 6.07) is 70.3. The molecule has 0 radical (unpaired) electrons. The molecule has 12 rings (SSSR count). The molecule has 0 aliphatic heterocycles. The number of nitrogens with zero attached hydrogens (tertiary/aromatic N) is 3. The first-order chi connectivity index (χ1) is 35.0. The van der Waals surface area contributed by atoms with Crippen LogP contribution in [-0.2, 0) is 6.18 Å². The quantitative estimate of drug-likeness (QED) is 0.157. The first kappa shape index (κ1) is 44.3. The highest BCUT2D eigenvalue weighted by Gasteiger charge is 2.36. The Morgan fingerprint density at radius 3 is 0.944 bits per heavy atom. The van der Waals surface area contributed by atoms with E-state index < -0.39 is 11.7 Å². The molecule has 0 unspecified atom stereocenters. The van der Waals surface area contributed by atoms with Crippen molar-refractivity contribution < 1.29 is 13.2 Å². The summed E-state index contributed by atoms with van der Waals surface area (Å²) < 4.78 is 51.9. The summed E-state index contributed by atoms with van der Waals surface area (Å²) in [5.41, 5.74) is 16.4. The molecule has 0 bridgehead atoms. The van der Waals surface area contributed by atoms with Gasteiger partial charge in [-0.25, -0.2) is 0 Å². The maximum absolute atomic E-state index is 15.9. The lowest BCUT2D eigenvalue weighted by molar-refractivity contribution is -0.137. The average molecular weight is 938 g/mol. The second-order valence-electron chi connectivity index (χ2n) is 18.9. The molecule has 0 aliphatic rings. The van der Waals surface area contributed by atoms with Crippen molar-refractivity contribution in [2.24, 2.45) is 0 Å². The minimum absolute atomic E-state index is 0.000256. The van der Waals surface area contributed by atoms with Gasteiger partial charge in [0.1, 0.15) is 0 Å². The third-order valence-electron chi connectivity index (χ3n) is 14.6. The number of fused-ring (bicyclic) bond motifs is 6. The van der Waals surface area contributed by atoms with Crippen LogP contribution in [0.15, 0.2) is 206 Å². The van der Waals surface area contributed by atoms with Crippen molar-refractivity contribution in [3.8, 4) is 73.1 Å². The largest absolute Gasteiger partial charge is 0.417 e. The van der Waals surface area contributed by atoms with Gasteiger partial charge in [0.15, 0.2) is 0 Å². The second kappa shape index (κ2) is 17.2. The first-order valence-corrected chi connectivity index (χ1v) is 24.1. The lowest BCUT2D eigenvalue weighted by Gasteiger charge is -2.23. The standard InChI is InChI=1S/C66H46F3N3/c1-40-15-5-9-19-49(40)45-25-29-53-54-30-26-46(50-20-10-6-16-41(50)2)36-60(54)71(59(53)35-45)63-33-44(39-70)34-64(65(63)57-23-13-14-24-58(57)66(67,68)69)72-61-37-47(51-21-11-7-17-42(51)3)27-31-55(61)56-32-28-48(38-62(56)72)52-22-12-8-18-43(52)4/h5-38H,1-4H3. The van der Waals surface area contributed by atoms with Gasteiger partial charge in [0.05, 0.1) is 50.6 Å². The van der Waals surface area contributed by atoms with Crippen molar-refractivity contribution in [1.29, 1.82) is 5.26 Å². The van der Waals surface area contributed by atoms with Crippen molar-refractivity contribution in [2.75, 3.05) is 0 Å². The predicted molar refractivity (Wildman–Crippen MR) is 291 cm³/mol. The van der Waals surface area contributed by atoms with Gasteiger partial charge >= 0.3 is 6.18 Å². The van der Waals surface area contributed by atoms with E-state index in [1.54, 1.807) is 24.3 Å². The lowest BCUT2D eigenvalue weighted by atomic mass is 9.93. The number of hydrogen-bond acceptors (Lipinski definition) is 1. The Kier molecular flexibility index (Phi) is 10.6. The Labute approximate surface area is 415 Å². The fraction of sp³-hybridized carbons (Fsp3) is 0.0758. The van der Waals surface area contributed by atoms with E-state index in [0.717, 1.165) is 116 Å². The van der Waals surface area contributed by atoms with Gasteiger partial charge in [0, 0.05) is 27.1 Å². The van der Waals surface area contributed by atoms with Crippen molar-refractivity contribution >= 4 is 43.6 Å². The van der Waals surface area contributed by atoms with Gasteiger partial charge in [0.2, 0.25) is 0 Å². The molecule has 0 N–H and O–H groups in total. The molecule has 6 heteroatoms. The van der Waals surface area contributed by atoms with Crippen LogP contribution < -0.4 is 0 Å². The van der Waals surface area contributed by atoms with Crippen LogP contribution in [0, 0.1) is 39.0 Å². The van der Waals surface area contributed by atoms with Gasteiger partial charge in [-0.15, -0.1) is 0 Å². The van der Waals surface area contributed by atoms with Crippen molar-refractivity contribution in [3.05, 3.63) is 240 Å². The predicted octanol–water partition coefficient (Wildman–Crippen LogP) is 18.3. The Morgan fingerprint density at radius 1 is 0.361 bits per heavy atom. The van der Waals surface area contributed by atoms with Crippen LogP contribution in [0.1, 0.15) is 33.4 Å². The summed E-state index contributed by atoms with van der Waals surface area (Å²) in [4.78, 5) is 0. The maximum Gasteiger partial charge on any atom is 0.417 e. The van der Waals surface area contributed by atoms with Crippen LogP contribution >= 0.6 is 0 Å². The van der Waals surface area contributed by atoms with E-state index >= 15 is 13.2 Å². The molecule has 10 aromatic carbocycles. The number of aromatic nitrogens is 2. The van der Waals surface area contributed by atoms with Gasteiger partial charge in [-0.05, 0) is 142 Å². The van der Waals surface area contributed by atoms with Crippen LogP contribution in [0.5, 0.6) is 0 Å². The summed E-state index contributed by atoms with van der Waals surface area (Å²) in [7, 11) is 0. The number of rotatable bonds is 7. The Hall–Kier alpha value is -8.92. The molecule has 2 heterocycles. The second-order valence-corrected chi connectivity index (χ2v) is 18.9. The summed E-state index contributed by atoms with van der Waals surface area (Å²) in [5.74, 6) is 0. The summed E-state index contributed by atoms with van der Waals surface area (Å²) in [5, 5.41) is 14.9. The monoisotopic (exact) mass is 937 g/mol. The topological polar surface area (TPSA) is 33.6 Å².